The van der Waals surface area contributed by atoms with Crippen molar-refractivity contribution >= 4 is 5.91 Å². The number of ether oxygens (including phenoxy) is 4. The lowest BCUT2D eigenvalue weighted by atomic mass is 10.0. The van der Waals surface area contributed by atoms with Crippen molar-refractivity contribution in [2.45, 2.75) is 291 Å². The van der Waals surface area contributed by atoms with Crippen molar-refractivity contribution in [2.24, 2.45) is 0 Å². The van der Waals surface area contributed by atoms with Crippen LogP contribution in [0.15, 0.2) is 0 Å². The second kappa shape index (κ2) is 43.0. The molecule has 0 aromatic carbocycles. The highest BCUT2D eigenvalue weighted by Gasteiger charge is 2.22. The molecule has 1 amide bonds. The van der Waals surface area contributed by atoms with Crippen LogP contribution >= 0.6 is 0 Å². The molecule has 0 spiro atoms. The van der Waals surface area contributed by atoms with Crippen LogP contribution in [0.4, 0.5) is 0 Å². The van der Waals surface area contributed by atoms with E-state index in [1.54, 1.807) is 0 Å². The zero-order chi connectivity index (χ0) is 42.7. The molecule has 6 nitrogen and oxygen atoms in total. The summed E-state index contributed by atoms with van der Waals surface area (Å²) in [5.74, 6) is 0.0872. The number of rotatable bonds is 47. The first-order chi connectivity index (χ1) is 28.1. The third-order valence-electron chi connectivity index (χ3n) is 11.5. The highest BCUT2D eigenvalue weighted by Crippen LogP contribution is 2.18. The smallest absolute Gasteiger partial charge is 0.220 e. The van der Waals surface area contributed by atoms with Gasteiger partial charge in [-0.15, -0.1) is 0 Å². The summed E-state index contributed by atoms with van der Waals surface area (Å²) in [7, 11) is 0. The molecule has 6 heteroatoms. The predicted molar refractivity (Wildman–Crippen MR) is 252 cm³/mol. The van der Waals surface area contributed by atoms with Crippen molar-refractivity contribution in [3.63, 3.8) is 0 Å². The maximum absolute atomic E-state index is 12.7. The van der Waals surface area contributed by atoms with Crippen LogP contribution in [0.3, 0.4) is 0 Å². The molecule has 0 saturated heterocycles. The number of nitrogens with one attached hydrogen (secondary N) is 1. The van der Waals surface area contributed by atoms with Crippen LogP contribution in [0.25, 0.3) is 0 Å². The summed E-state index contributed by atoms with van der Waals surface area (Å²) in [6, 6.07) is 0. The molecule has 0 aliphatic carbocycles. The third-order valence-corrected chi connectivity index (χ3v) is 11.5. The highest BCUT2D eigenvalue weighted by molar-refractivity contribution is 5.75. The molecule has 0 aliphatic rings. The highest BCUT2D eigenvalue weighted by atomic mass is 16.6. The number of amides is 1. The molecule has 1 atom stereocenters. The van der Waals surface area contributed by atoms with Crippen LogP contribution in [0.5, 0.6) is 0 Å². The fourth-order valence-corrected chi connectivity index (χ4v) is 7.54. The Labute approximate surface area is 364 Å². The van der Waals surface area contributed by atoms with E-state index >= 15 is 0 Å². The number of hydrogen-bond acceptors (Lipinski definition) is 5. The van der Waals surface area contributed by atoms with Gasteiger partial charge in [0, 0.05) is 32.8 Å². The zero-order valence-corrected chi connectivity index (χ0v) is 40.6. The summed E-state index contributed by atoms with van der Waals surface area (Å²) in [5.41, 5.74) is -0.529. The second-order valence-electron chi connectivity index (χ2n) is 19.4. The number of hydrogen-bond donors (Lipinski definition) is 1. The monoisotopic (exact) mass is 824 g/mol. The van der Waals surface area contributed by atoms with Gasteiger partial charge >= 0.3 is 0 Å². The van der Waals surface area contributed by atoms with E-state index in [4.69, 9.17) is 18.9 Å². The van der Waals surface area contributed by atoms with Crippen molar-refractivity contribution < 1.29 is 23.7 Å². The number of unbranched alkanes of at least 4 members (excludes halogenated alkanes) is 30. The molecule has 0 aliphatic heterocycles. The maximum Gasteiger partial charge on any atom is 0.220 e. The lowest BCUT2D eigenvalue weighted by Gasteiger charge is -2.30. The minimum atomic E-state index is -0.347. The normalized spacial score (nSPS) is 12.7. The first kappa shape index (κ1) is 57.3. The van der Waals surface area contributed by atoms with Gasteiger partial charge in [-0.3, -0.25) is 4.79 Å². The van der Waals surface area contributed by atoms with Gasteiger partial charge in [-0.1, -0.05) is 206 Å². The van der Waals surface area contributed by atoms with Gasteiger partial charge in [-0.25, -0.2) is 0 Å². The van der Waals surface area contributed by atoms with E-state index < -0.39 is 0 Å². The SMILES string of the molecule is CCCCCCCCCCCCCCCCCCOCC(CCC(=O)NCCCOC(C)(C)COC(C)(C)C)OCCCCCCCCCCCCCCCCCC. The average Bonchev–Trinajstić information content (AvgIpc) is 3.19. The quantitative estimate of drug-likeness (QED) is 0.0619. The fourth-order valence-electron chi connectivity index (χ4n) is 7.54. The predicted octanol–water partition coefficient (Wildman–Crippen LogP) is 15.8. The van der Waals surface area contributed by atoms with Gasteiger partial charge in [0.05, 0.1) is 30.5 Å². The van der Waals surface area contributed by atoms with Crippen LogP contribution < -0.4 is 5.32 Å². The largest absolute Gasteiger partial charge is 0.379 e. The van der Waals surface area contributed by atoms with Crippen molar-refractivity contribution in [3.05, 3.63) is 0 Å². The van der Waals surface area contributed by atoms with E-state index in [2.05, 4.69) is 53.8 Å². The van der Waals surface area contributed by atoms with Gasteiger partial charge in [0.15, 0.2) is 0 Å². The summed E-state index contributed by atoms with van der Waals surface area (Å²) < 4.78 is 24.4. The molecule has 58 heavy (non-hydrogen) atoms. The van der Waals surface area contributed by atoms with E-state index in [1.165, 1.54) is 193 Å². The molecule has 0 rings (SSSR count). The summed E-state index contributed by atoms with van der Waals surface area (Å²) >= 11 is 0. The summed E-state index contributed by atoms with van der Waals surface area (Å²) in [4.78, 5) is 12.7. The Kier molecular flexibility index (Phi) is 42.5. The second-order valence-corrected chi connectivity index (χ2v) is 19.4. The summed E-state index contributed by atoms with van der Waals surface area (Å²) in [6.45, 7) is 18.8. The molecule has 0 fully saturated rings. The molecule has 0 bridgehead atoms. The standard InChI is InChI=1S/C52H105NO5/c1-8-10-12-14-16-18-20-22-24-26-28-30-32-34-36-38-44-55-47-49(41-42-50(54)53-43-40-46-57-52(6,7)48-58-51(3,4)5)56-45-39-37-35-33-31-29-27-25-23-21-19-17-15-13-11-9-2/h49H,8-48H2,1-7H3,(H,53,54). The van der Waals surface area contributed by atoms with E-state index in [-0.39, 0.29) is 23.2 Å². The third kappa shape index (κ3) is 46.4. The summed E-state index contributed by atoms with van der Waals surface area (Å²) in [5, 5.41) is 3.09. The van der Waals surface area contributed by atoms with E-state index in [1.807, 2.05) is 0 Å². The molecule has 0 heterocycles. The Morgan fingerprint density at radius 3 is 1.24 bits per heavy atom. The summed E-state index contributed by atoms with van der Waals surface area (Å²) in [6.07, 6.45) is 45.9. The minimum absolute atomic E-state index is 0.0184. The fraction of sp³-hybridized carbons (Fsp3) is 0.981. The van der Waals surface area contributed by atoms with Crippen molar-refractivity contribution in [1.29, 1.82) is 0 Å². The molecule has 348 valence electrons. The van der Waals surface area contributed by atoms with Gasteiger partial charge in [-0.2, -0.15) is 0 Å². The van der Waals surface area contributed by atoms with Gasteiger partial charge in [0.2, 0.25) is 5.91 Å². The van der Waals surface area contributed by atoms with Gasteiger partial charge in [0.25, 0.3) is 0 Å². The topological polar surface area (TPSA) is 66.0 Å². The van der Waals surface area contributed by atoms with Crippen LogP contribution in [0.1, 0.15) is 273 Å². The van der Waals surface area contributed by atoms with Crippen molar-refractivity contribution in [3.8, 4) is 0 Å². The van der Waals surface area contributed by atoms with Gasteiger partial charge in [0.1, 0.15) is 0 Å². The molecule has 0 radical (unpaired) electrons. The van der Waals surface area contributed by atoms with Crippen LogP contribution in [0, 0.1) is 0 Å². The van der Waals surface area contributed by atoms with Gasteiger partial charge in [-0.05, 0) is 60.3 Å². The van der Waals surface area contributed by atoms with Crippen molar-refractivity contribution in [1.82, 2.24) is 5.32 Å². The molecular weight excluding hydrogens is 719 g/mol. The van der Waals surface area contributed by atoms with Crippen LogP contribution in [-0.2, 0) is 23.7 Å². The lowest BCUT2D eigenvalue weighted by Crippen LogP contribution is -2.36. The van der Waals surface area contributed by atoms with Crippen LogP contribution in [0.2, 0.25) is 0 Å². The number of carbonyl (C=O) groups is 1. The first-order valence-corrected chi connectivity index (χ1v) is 25.8. The Morgan fingerprint density at radius 1 is 0.466 bits per heavy atom. The van der Waals surface area contributed by atoms with E-state index in [9.17, 15) is 4.79 Å². The van der Waals surface area contributed by atoms with E-state index in [0.29, 0.717) is 39.2 Å². The van der Waals surface area contributed by atoms with E-state index in [0.717, 1.165) is 32.5 Å². The molecule has 0 aromatic heterocycles. The Morgan fingerprint density at radius 2 is 0.845 bits per heavy atom. The Hall–Kier alpha value is -0.690. The maximum atomic E-state index is 12.7. The minimum Gasteiger partial charge on any atom is -0.379 e. The lowest BCUT2D eigenvalue weighted by molar-refractivity contribution is -0.123. The van der Waals surface area contributed by atoms with Gasteiger partial charge < -0.3 is 24.3 Å². The Balaban J connectivity index is 4.18. The average molecular weight is 824 g/mol. The molecule has 0 aromatic rings. The molecule has 1 unspecified atom stereocenters. The molecule has 1 N–H and O–H groups in total. The molecular formula is C52H105NO5. The first-order valence-electron chi connectivity index (χ1n) is 25.8. The zero-order valence-electron chi connectivity index (χ0n) is 40.6. The number of carbonyl (C=O) groups excluding carboxylic acids is 1. The van der Waals surface area contributed by atoms with Crippen LogP contribution in [-0.4, -0.2) is 62.8 Å². The van der Waals surface area contributed by atoms with Crippen molar-refractivity contribution in [2.75, 3.05) is 39.6 Å². The molecule has 0 saturated carbocycles. The Bertz CT molecular complexity index is 827.